The van der Waals surface area contributed by atoms with Crippen molar-refractivity contribution in [3.63, 3.8) is 0 Å². The van der Waals surface area contributed by atoms with Crippen LogP contribution in [0.15, 0.2) is 24.3 Å². The number of carbonyl (C=O) groups is 2. The number of benzene rings is 1. The van der Waals surface area contributed by atoms with Crippen LogP contribution in [-0.2, 0) is 9.53 Å². The molecule has 1 aromatic rings. The number of Topliss-reactive ketones (excluding diaryl/α,β-unsaturated/α-hetero) is 1. The predicted molar refractivity (Wildman–Crippen MR) is 60.8 cm³/mol. The Morgan fingerprint density at radius 1 is 1.35 bits per heavy atom. The molecule has 88 valence electrons. The molecule has 1 rings (SSSR count). The highest BCUT2D eigenvalue weighted by Gasteiger charge is 2.32. The average molecular weight is 232 g/mol. The molecule has 0 radical (unpaired) electrons. The van der Waals surface area contributed by atoms with Crippen molar-refractivity contribution in [3.05, 3.63) is 40.9 Å². The van der Waals surface area contributed by atoms with E-state index in [1.807, 2.05) is 0 Å². The van der Waals surface area contributed by atoms with Gasteiger partial charge in [-0.3, -0.25) is 4.79 Å². The van der Waals surface area contributed by atoms with Crippen molar-refractivity contribution in [3.8, 4) is 0 Å². The van der Waals surface area contributed by atoms with Gasteiger partial charge in [-0.1, -0.05) is 24.3 Å². The molecule has 0 atom stereocenters. The average Bonchev–Trinajstić information content (AvgIpc) is 2.30. The van der Waals surface area contributed by atoms with Gasteiger partial charge in [-0.05, 0) is 19.4 Å². The maximum absolute atomic E-state index is 11.9. The highest BCUT2D eigenvalue weighted by atomic mass is 16.5. The second-order valence-corrected chi connectivity index (χ2v) is 3.31. The Morgan fingerprint density at radius 3 is 2.53 bits per heavy atom. The van der Waals surface area contributed by atoms with Crippen molar-refractivity contribution in [2.75, 3.05) is 6.61 Å². The normalized spacial score (nSPS) is 9.29. The van der Waals surface area contributed by atoms with Gasteiger partial charge in [-0.2, -0.15) is 4.79 Å². The third-order valence-electron chi connectivity index (χ3n) is 2.17. The van der Waals surface area contributed by atoms with Crippen LogP contribution >= 0.6 is 0 Å². The van der Waals surface area contributed by atoms with Crippen LogP contribution in [0.1, 0.15) is 22.8 Å². The molecule has 0 unspecified atom stereocenters. The van der Waals surface area contributed by atoms with Crippen molar-refractivity contribution in [1.29, 1.82) is 0 Å². The minimum absolute atomic E-state index is 0.110. The first-order valence-corrected chi connectivity index (χ1v) is 5.11. The fourth-order valence-corrected chi connectivity index (χ4v) is 1.33. The fourth-order valence-electron chi connectivity index (χ4n) is 1.33. The van der Waals surface area contributed by atoms with Gasteiger partial charge in [-0.15, -0.1) is 0 Å². The standard InChI is InChI=1S/C12H12N2O3/c1-3-17-12(16)10(14-13)11(15)9-7-5-4-6-8(9)2/h4-7H,3H2,1-2H3. The topological polar surface area (TPSA) is 79.8 Å². The van der Waals surface area contributed by atoms with Crippen molar-refractivity contribution in [2.24, 2.45) is 0 Å². The molecular weight excluding hydrogens is 220 g/mol. The van der Waals surface area contributed by atoms with Crippen LogP contribution in [0.5, 0.6) is 0 Å². The maximum Gasteiger partial charge on any atom is 0.446 e. The summed E-state index contributed by atoms with van der Waals surface area (Å²) in [6.07, 6.45) is 0. The Kier molecular flexibility index (Phi) is 4.31. The summed E-state index contributed by atoms with van der Waals surface area (Å²) in [6.45, 7) is 3.44. The van der Waals surface area contributed by atoms with E-state index in [0.717, 1.165) is 0 Å². The molecule has 0 aliphatic rings. The number of ketones is 1. The van der Waals surface area contributed by atoms with Gasteiger partial charge >= 0.3 is 11.7 Å². The lowest BCUT2D eigenvalue weighted by molar-refractivity contribution is -0.139. The number of hydrogen-bond acceptors (Lipinski definition) is 3. The summed E-state index contributed by atoms with van der Waals surface area (Å²) in [6, 6.07) is 6.72. The lowest BCUT2D eigenvalue weighted by Crippen LogP contribution is -2.28. The quantitative estimate of drug-likeness (QED) is 0.196. The molecule has 0 fully saturated rings. The summed E-state index contributed by atoms with van der Waals surface area (Å²) in [5, 5.41) is 0. The van der Waals surface area contributed by atoms with Crippen LogP contribution in [0.25, 0.3) is 5.53 Å². The van der Waals surface area contributed by atoms with E-state index in [1.54, 1.807) is 38.1 Å². The minimum Gasteiger partial charge on any atom is -0.457 e. The number of aryl methyl sites for hydroxylation is 1. The number of hydrogen-bond donors (Lipinski definition) is 0. The van der Waals surface area contributed by atoms with Gasteiger partial charge in [0.15, 0.2) is 0 Å². The van der Waals surface area contributed by atoms with Crippen LogP contribution in [-0.4, -0.2) is 28.9 Å². The fraction of sp³-hybridized carbons (Fsp3) is 0.250. The van der Waals surface area contributed by atoms with Gasteiger partial charge in [0.2, 0.25) is 0 Å². The zero-order valence-corrected chi connectivity index (χ0v) is 9.64. The highest BCUT2D eigenvalue weighted by molar-refractivity contribution is 6.65. The third-order valence-corrected chi connectivity index (χ3v) is 2.17. The van der Waals surface area contributed by atoms with Gasteiger partial charge in [0.1, 0.15) is 0 Å². The first kappa shape index (κ1) is 12.8. The van der Waals surface area contributed by atoms with Gasteiger partial charge in [-0.25, -0.2) is 4.79 Å². The van der Waals surface area contributed by atoms with E-state index in [2.05, 4.69) is 9.53 Å². The van der Waals surface area contributed by atoms with E-state index in [4.69, 9.17) is 5.53 Å². The molecule has 0 saturated carbocycles. The van der Waals surface area contributed by atoms with Crippen molar-refractivity contribution < 1.29 is 19.1 Å². The summed E-state index contributed by atoms with van der Waals surface area (Å²) in [4.78, 5) is 26.0. The number of rotatable bonds is 4. The SMILES string of the molecule is CCOC(=O)C(=[N+]=[N-])C(=O)c1ccccc1C. The molecule has 0 amide bonds. The van der Waals surface area contributed by atoms with Crippen LogP contribution in [0, 0.1) is 6.92 Å². The second-order valence-electron chi connectivity index (χ2n) is 3.31. The molecule has 0 bridgehead atoms. The Bertz CT molecular complexity index is 502. The van der Waals surface area contributed by atoms with Crippen molar-refractivity contribution in [1.82, 2.24) is 0 Å². The Morgan fingerprint density at radius 2 is 2.00 bits per heavy atom. The maximum atomic E-state index is 11.9. The Balaban J connectivity index is 3.08. The largest absolute Gasteiger partial charge is 0.457 e. The monoisotopic (exact) mass is 232 g/mol. The first-order valence-electron chi connectivity index (χ1n) is 5.11. The molecule has 0 aliphatic carbocycles. The number of nitrogens with zero attached hydrogens (tertiary/aromatic N) is 2. The van der Waals surface area contributed by atoms with Crippen LogP contribution in [0.4, 0.5) is 0 Å². The molecule has 0 aliphatic heterocycles. The van der Waals surface area contributed by atoms with Crippen molar-refractivity contribution >= 4 is 17.5 Å². The summed E-state index contributed by atoms with van der Waals surface area (Å²) < 4.78 is 4.63. The molecule has 1 aromatic carbocycles. The van der Waals surface area contributed by atoms with Crippen LogP contribution < -0.4 is 0 Å². The van der Waals surface area contributed by atoms with Gasteiger partial charge < -0.3 is 10.3 Å². The van der Waals surface area contributed by atoms with Crippen LogP contribution in [0.2, 0.25) is 0 Å². The smallest absolute Gasteiger partial charge is 0.446 e. The van der Waals surface area contributed by atoms with E-state index in [0.29, 0.717) is 11.1 Å². The van der Waals surface area contributed by atoms with E-state index >= 15 is 0 Å². The van der Waals surface area contributed by atoms with Gasteiger partial charge in [0, 0.05) is 5.56 Å². The predicted octanol–water partition coefficient (Wildman–Crippen LogP) is 1.41. The summed E-state index contributed by atoms with van der Waals surface area (Å²) in [7, 11) is 0. The third kappa shape index (κ3) is 2.86. The number of carbonyl (C=O) groups excluding carboxylic acids is 2. The lowest BCUT2D eigenvalue weighted by Gasteiger charge is -2.01. The second kappa shape index (κ2) is 5.72. The number of esters is 1. The Hall–Kier alpha value is -2.26. The molecule has 0 spiro atoms. The van der Waals surface area contributed by atoms with E-state index < -0.39 is 17.5 Å². The molecular formula is C12H12N2O3. The van der Waals surface area contributed by atoms with Gasteiger partial charge in [0.05, 0.1) is 6.61 Å². The molecule has 0 aromatic heterocycles. The summed E-state index contributed by atoms with van der Waals surface area (Å²) >= 11 is 0. The lowest BCUT2D eigenvalue weighted by atomic mass is 10.0. The van der Waals surface area contributed by atoms with Crippen molar-refractivity contribution in [2.45, 2.75) is 13.8 Å². The zero-order valence-electron chi connectivity index (χ0n) is 9.64. The first-order chi connectivity index (χ1) is 8.11. The van der Waals surface area contributed by atoms with Gasteiger partial charge in [0.25, 0.3) is 5.78 Å². The highest BCUT2D eigenvalue weighted by Crippen LogP contribution is 2.08. The van der Waals surface area contributed by atoms with E-state index in [1.165, 1.54) is 0 Å². The Labute approximate surface area is 98.6 Å². The number of ether oxygens (including phenoxy) is 1. The minimum atomic E-state index is -0.928. The molecule has 5 heteroatoms. The molecule has 0 heterocycles. The summed E-state index contributed by atoms with van der Waals surface area (Å²) in [5.74, 6) is -1.58. The van der Waals surface area contributed by atoms with E-state index in [9.17, 15) is 9.59 Å². The molecule has 17 heavy (non-hydrogen) atoms. The molecule has 0 saturated heterocycles. The summed E-state index contributed by atoms with van der Waals surface area (Å²) in [5.41, 5.74) is 9.11. The van der Waals surface area contributed by atoms with E-state index in [-0.39, 0.29) is 6.61 Å². The zero-order chi connectivity index (χ0) is 12.8. The molecule has 5 nitrogen and oxygen atoms in total. The van der Waals surface area contributed by atoms with Crippen LogP contribution in [0.3, 0.4) is 0 Å². The molecule has 0 N–H and O–H groups in total.